The molecule has 4 heteroatoms. The number of fused-ring (bicyclic) bond motifs is 1. The van der Waals surface area contributed by atoms with Crippen LogP contribution in [0.2, 0.25) is 5.02 Å². The number of hydrogen-bond donors (Lipinski definition) is 0. The Bertz CT molecular complexity index is 635. The summed E-state index contributed by atoms with van der Waals surface area (Å²) in [5, 5.41) is 0.662. The Morgan fingerprint density at radius 2 is 1.80 bits per heavy atom. The van der Waals surface area contributed by atoms with Crippen LogP contribution in [-0.2, 0) is 6.42 Å². The molecule has 0 radical (unpaired) electrons. The first-order chi connectivity index (χ1) is 9.74. The first-order valence-electron chi connectivity index (χ1n) is 6.40. The van der Waals surface area contributed by atoms with Gasteiger partial charge in [0.05, 0.1) is 5.56 Å². The Kier molecular flexibility index (Phi) is 3.61. The maximum absolute atomic E-state index is 12.4. The van der Waals surface area contributed by atoms with E-state index in [2.05, 4.69) is 0 Å². The normalized spacial score (nSPS) is 13.1. The van der Waals surface area contributed by atoms with Gasteiger partial charge in [0.2, 0.25) is 0 Å². The van der Waals surface area contributed by atoms with Crippen LogP contribution in [0, 0.1) is 0 Å². The van der Waals surface area contributed by atoms with Gasteiger partial charge < -0.3 is 9.47 Å². The summed E-state index contributed by atoms with van der Waals surface area (Å²) in [5.41, 5.74) is 1.49. The number of carbonyl (C=O) groups is 1. The van der Waals surface area contributed by atoms with Crippen molar-refractivity contribution in [1.29, 1.82) is 0 Å². The lowest BCUT2D eigenvalue weighted by atomic mass is 10.0. The van der Waals surface area contributed by atoms with Crippen molar-refractivity contribution in [1.82, 2.24) is 0 Å². The van der Waals surface area contributed by atoms with Gasteiger partial charge in [0, 0.05) is 11.4 Å². The number of ether oxygens (including phenoxy) is 2. The summed E-state index contributed by atoms with van der Waals surface area (Å²) >= 11 is 5.84. The fraction of sp³-hybridized carbons (Fsp3) is 0.188. The lowest BCUT2D eigenvalue weighted by Gasteiger charge is -2.20. The molecule has 2 aromatic rings. The van der Waals surface area contributed by atoms with Crippen LogP contribution in [0.1, 0.15) is 15.9 Å². The van der Waals surface area contributed by atoms with Gasteiger partial charge >= 0.3 is 0 Å². The minimum absolute atomic E-state index is 0.00896. The second-order valence-electron chi connectivity index (χ2n) is 4.56. The second kappa shape index (κ2) is 5.55. The molecule has 2 aromatic carbocycles. The number of benzene rings is 2. The molecule has 3 rings (SSSR count). The smallest absolute Gasteiger partial charge is 0.172 e. The Balaban J connectivity index is 1.85. The van der Waals surface area contributed by atoms with E-state index in [0.29, 0.717) is 41.7 Å². The predicted molar refractivity (Wildman–Crippen MR) is 76.9 cm³/mol. The highest BCUT2D eigenvalue weighted by molar-refractivity contribution is 6.30. The molecule has 0 atom stereocenters. The first-order valence-corrected chi connectivity index (χ1v) is 6.78. The van der Waals surface area contributed by atoms with Gasteiger partial charge in [-0.05, 0) is 29.8 Å². The zero-order valence-electron chi connectivity index (χ0n) is 10.8. The number of ketones is 1. The minimum atomic E-state index is 0.00896. The highest BCUT2D eigenvalue weighted by atomic mass is 35.5. The van der Waals surface area contributed by atoms with E-state index in [1.807, 2.05) is 24.3 Å². The molecule has 0 amide bonds. The highest BCUT2D eigenvalue weighted by Gasteiger charge is 2.20. The molecule has 102 valence electrons. The van der Waals surface area contributed by atoms with Crippen LogP contribution < -0.4 is 9.47 Å². The van der Waals surface area contributed by atoms with Crippen molar-refractivity contribution in [3.63, 3.8) is 0 Å². The third-order valence-electron chi connectivity index (χ3n) is 3.14. The van der Waals surface area contributed by atoms with Crippen molar-refractivity contribution in [2.45, 2.75) is 6.42 Å². The molecule has 0 aromatic heterocycles. The lowest BCUT2D eigenvalue weighted by Crippen LogP contribution is -2.18. The van der Waals surface area contributed by atoms with E-state index in [9.17, 15) is 4.79 Å². The Labute approximate surface area is 122 Å². The number of halogens is 1. The number of carbonyl (C=O) groups excluding carboxylic acids is 1. The van der Waals surface area contributed by atoms with Crippen LogP contribution in [-0.4, -0.2) is 19.0 Å². The molecule has 0 saturated carbocycles. The molecule has 1 aliphatic rings. The third-order valence-corrected chi connectivity index (χ3v) is 3.40. The summed E-state index contributed by atoms with van der Waals surface area (Å²) in [7, 11) is 0. The summed E-state index contributed by atoms with van der Waals surface area (Å²) in [6.45, 7) is 0.986. The Morgan fingerprint density at radius 3 is 2.60 bits per heavy atom. The predicted octanol–water partition coefficient (Wildman–Crippen LogP) is 3.54. The topological polar surface area (TPSA) is 35.5 Å². The molecule has 0 bridgehead atoms. The van der Waals surface area contributed by atoms with Crippen LogP contribution >= 0.6 is 11.6 Å². The fourth-order valence-corrected chi connectivity index (χ4v) is 2.30. The van der Waals surface area contributed by atoms with E-state index in [1.54, 1.807) is 18.2 Å². The van der Waals surface area contributed by atoms with E-state index < -0.39 is 0 Å². The molecule has 0 unspecified atom stereocenters. The Hall–Kier alpha value is -2.00. The molecule has 0 saturated heterocycles. The van der Waals surface area contributed by atoms with Gasteiger partial charge in [0.15, 0.2) is 17.3 Å². The highest BCUT2D eigenvalue weighted by Crippen LogP contribution is 2.34. The quantitative estimate of drug-likeness (QED) is 0.811. The van der Waals surface area contributed by atoms with Crippen molar-refractivity contribution in [2.75, 3.05) is 13.2 Å². The number of Topliss-reactive ketones (excluding diaryl/α,β-unsaturated/α-hetero) is 1. The van der Waals surface area contributed by atoms with Crippen molar-refractivity contribution in [3.8, 4) is 11.5 Å². The molecule has 1 aliphatic heterocycles. The maximum Gasteiger partial charge on any atom is 0.172 e. The first kappa shape index (κ1) is 13.0. The van der Waals surface area contributed by atoms with Gasteiger partial charge in [-0.2, -0.15) is 0 Å². The van der Waals surface area contributed by atoms with E-state index in [-0.39, 0.29) is 5.78 Å². The standard InChI is InChI=1S/C16H13ClO3/c17-12-6-4-11(5-7-12)10-14(18)13-2-1-3-15-16(13)20-9-8-19-15/h1-7H,8-10H2. The van der Waals surface area contributed by atoms with Gasteiger partial charge in [-0.3, -0.25) is 4.79 Å². The van der Waals surface area contributed by atoms with Crippen LogP contribution in [0.25, 0.3) is 0 Å². The molecule has 3 nitrogen and oxygen atoms in total. The van der Waals surface area contributed by atoms with E-state index in [1.165, 1.54) is 0 Å². The number of para-hydroxylation sites is 1. The summed E-state index contributed by atoms with van der Waals surface area (Å²) in [6.07, 6.45) is 0.316. The summed E-state index contributed by atoms with van der Waals surface area (Å²) in [6, 6.07) is 12.7. The second-order valence-corrected chi connectivity index (χ2v) is 4.99. The average Bonchev–Trinajstić information content (AvgIpc) is 2.49. The molecule has 0 spiro atoms. The van der Waals surface area contributed by atoms with Gasteiger partial charge in [-0.1, -0.05) is 29.8 Å². The zero-order valence-corrected chi connectivity index (χ0v) is 11.5. The van der Waals surface area contributed by atoms with Gasteiger partial charge in [-0.25, -0.2) is 0 Å². The third kappa shape index (κ3) is 2.63. The maximum atomic E-state index is 12.4. The summed E-state index contributed by atoms with van der Waals surface area (Å²) < 4.78 is 11.1. The monoisotopic (exact) mass is 288 g/mol. The molecular formula is C16H13ClO3. The number of rotatable bonds is 3. The van der Waals surface area contributed by atoms with E-state index in [4.69, 9.17) is 21.1 Å². The van der Waals surface area contributed by atoms with Crippen LogP contribution in [0.15, 0.2) is 42.5 Å². The average molecular weight is 289 g/mol. The van der Waals surface area contributed by atoms with Gasteiger partial charge in [0.25, 0.3) is 0 Å². The largest absolute Gasteiger partial charge is 0.486 e. The van der Waals surface area contributed by atoms with Crippen LogP contribution in [0.5, 0.6) is 11.5 Å². The SMILES string of the molecule is O=C(Cc1ccc(Cl)cc1)c1cccc2c1OCCO2. The van der Waals surface area contributed by atoms with Gasteiger partial charge in [0.1, 0.15) is 13.2 Å². The molecule has 1 heterocycles. The lowest BCUT2D eigenvalue weighted by molar-refractivity contribution is 0.0982. The van der Waals surface area contributed by atoms with Crippen molar-refractivity contribution >= 4 is 17.4 Å². The van der Waals surface area contributed by atoms with Crippen molar-refractivity contribution in [3.05, 3.63) is 58.6 Å². The minimum Gasteiger partial charge on any atom is -0.486 e. The van der Waals surface area contributed by atoms with Crippen molar-refractivity contribution < 1.29 is 14.3 Å². The van der Waals surface area contributed by atoms with Crippen LogP contribution in [0.3, 0.4) is 0 Å². The fourth-order valence-electron chi connectivity index (χ4n) is 2.18. The summed E-state index contributed by atoms with van der Waals surface area (Å²) in [4.78, 5) is 12.4. The van der Waals surface area contributed by atoms with E-state index in [0.717, 1.165) is 5.56 Å². The van der Waals surface area contributed by atoms with Crippen LogP contribution in [0.4, 0.5) is 0 Å². The van der Waals surface area contributed by atoms with E-state index >= 15 is 0 Å². The van der Waals surface area contributed by atoms with Gasteiger partial charge in [-0.15, -0.1) is 0 Å². The molecule has 20 heavy (non-hydrogen) atoms. The van der Waals surface area contributed by atoms with Crippen molar-refractivity contribution in [2.24, 2.45) is 0 Å². The number of hydrogen-bond acceptors (Lipinski definition) is 3. The Morgan fingerprint density at radius 1 is 1.05 bits per heavy atom. The molecule has 0 fully saturated rings. The zero-order chi connectivity index (χ0) is 13.9. The molecular weight excluding hydrogens is 276 g/mol. The summed E-state index contributed by atoms with van der Waals surface area (Å²) in [5.74, 6) is 1.20. The molecule has 0 N–H and O–H groups in total. The molecule has 0 aliphatic carbocycles.